The van der Waals surface area contributed by atoms with Gasteiger partial charge < -0.3 is 25.4 Å². The number of aliphatic hydroxyl groups is 1. The Morgan fingerprint density at radius 3 is 2.56 bits per heavy atom. The normalized spacial score (nSPS) is 15.4. The second-order valence-electron chi connectivity index (χ2n) is 9.36. The van der Waals surface area contributed by atoms with Gasteiger partial charge in [-0.2, -0.15) is 13.2 Å². The lowest BCUT2D eigenvalue weighted by Gasteiger charge is -2.23. The number of alkyl halides is 3. The molecular formula is C30H29F3N4O4. The minimum Gasteiger partial charge on any atom is -0.383 e. The van der Waals surface area contributed by atoms with Crippen LogP contribution in [0, 0.1) is 0 Å². The molecule has 1 atom stereocenters. The first kappa shape index (κ1) is 29.5. The summed E-state index contributed by atoms with van der Waals surface area (Å²) in [7, 11) is 3.48. The molecule has 3 aromatic rings. The van der Waals surface area contributed by atoms with Crippen molar-refractivity contribution < 1.29 is 32.6 Å². The smallest absolute Gasteiger partial charge is 0.383 e. The number of nitrogens with zero attached hydrogens (tertiary/aromatic N) is 2. The first-order chi connectivity index (χ1) is 19.6. The Hall–Kier alpha value is -4.48. The third kappa shape index (κ3) is 7.38. The van der Waals surface area contributed by atoms with E-state index >= 15 is 0 Å². The lowest BCUT2D eigenvalue weighted by atomic mass is 9.97. The molecule has 2 heterocycles. The number of amides is 2. The number of likely N-dealkylation sites (N-methyl/N-ethyl adjacent to an activating group) is 1. The zero-order chi connectivity index (χ0) is 29.6. The summed E-state index contributed by atoms with van der Waals surface area (Å²) in [5, 5.41) is 15.3. The maximum absolute atomic E-state index is 13.1. The summed E-state index contributed by atoms with van der Waals surface area (Å²) in [4.78, 5) is 30.9. The van der Waals surface area contributed by atoms with E-state index in [9.17, 15) is 27.9 Å². The van der Waals surface area contributed by atoms with Gasteiger partial charge in [-0.15, -0.1) is 0 Å². The number of ether oxygens (including phenoxy) is 1. The van der Waals surface area contributed by atoms with Crippen LogP contribution in [0.15, 0.2) is 79.0 Å². The molecule has 1 aromatic heterocycles. The Kier molecular flexibility index (Phi) is 9.21. The van der Waals surface area contributed by atoms with E-state index < -0.39 is 29.7 Å². The highest BCUT2D eigenvalue weighted by molar-refractivity contribution is 6.03. The number of benzene rings is 2. The van der Waals surface area contributed by atoms with Crippen LogP contribution in [-0.2, 0) is 26.9 Å². The summed E-state index contributed by atoms with van der Waals surface area (Å²) in [6, 6.07) is 13.4. The second-order valence-corrected chi connectivity index (χ2v) is 9.36. The number of allylic oxidation sites excluding steroid dienone is 2. The van der Waals surface area contributed by atoms with Crippen LogP contribution < -0.4 is 15.5 Å². The minimum atomic E-state index is -4.47. The largest absolute Gasteiger partial charge is 0.416 e. The van der Waals surface area contributed by atoms with Crippen molar-refractivity contribution in [2.45, 2.75) is 18.7 Å². The molecular weight excluding hydrogens is 537 g/mol. The number of pyridine rings is 1. The number of aromatic nitrogens is 1. The molecule has 0 spiro atoms. The summed E-state index contributed by atoms with van der Waals surface area (Å²) in [5.74, 6) is -0.285. The van der Waals surface area contributed by atoms with Crippen LogP contribution in [0.3, 0.4) is 0 Å². The Morgan fingerprint density at radius 1 is 1.17 bits per heavy atom. The summed E-state index contributed by atoms with van der Waals surface area (Å²) >= 11 is 0. The van der Waals surface area contributed by atoms with Crippen LogP contribution in [0.5, 0.6) is 0 Å². The van der Waals surface area contributed by atoms with E-state index in [0.717, 1.165) is 12.1 Å². The number of halogens is 3. The molecule has 1 unspecified atom stereocenters. The SMILES string of the molecule is COCCN(C)c1ccc(/C(=C\C=C\C(=O)Nc2cccc3c2CC(O)C(=O)N3)c2ccc(C(F)(F)F)cc2)cn1. The van der Waals surface area contributed by atoms with Crippen molar-refractivity contribution in [1.29, 1.82) is 0 Å². The Labute approximate surface area is 235 Å². The Morgan fingerprint density at radius 2 is 1.90 bits per heavy atom. The number of rotatable bonds is 9. The molecule has 214 valence electrons. The zero-order valence-electron chi connectivity index (χ0n) is 22.4. The molecule has 1 aliphatic rings. The molecule has 0 radical (unpaired) electrons. The van der Waals surface area contributed by atoms with Gasteiger partial charge in [-0.25, -0.2) is 4.98 Å². The van der Waals surface area contributed by atoms with Gasteiger partial charge in [0.1, 0.15) is 11.9 Å². The number of carbonyl (C=O) groups excluding carboxylic acids is 2. The third-order valence-corrected chi connectivity index (χ3v) is 6.51. The zero-order valence-corrected chi connectivity index (χ0v) is 22.4. The standard InChI is InChI=1S/C30H29F3N4O4/c1-37(15-16-41-2)27-14-11-20(18-34-27)22(19-9-12-21(13-10-19)30(31,32)33)5-3-8-28(39)35-24-6-4-7-25-23(24)17-26(38)29(40)36-25/h3-14,18,26,38H,15-17H2,1-2H3,(H,35,39)(H,36,40)/b8-3+,22-5-. The number of hydrogen-bond acceptors (Lipinski definition) is 6. The number of anilines is 3. The summed E-state index contributed by atoms with van der Waals surface area (Å²) in [6.45, 7) is 1.14. The van der Waals surface area contributed by atoms with Crippen LogP contribution in [-0.4, -0.2) is 55.3 Å². The molecule has 1 aliphatic heterocycles. The average Bonchev–Trinajstić information content (AvgIpc) is 2.95. The van der Waals surface area contributed by atoms with Gasteiger partial charge in [-0.05, 0) is 47.5 Å². The lowest BCUT2D eigenvalue weighted by Crippen LogP contribution is -2.34. The number of carbonyl (C=O) groups is 2. The highest BCUT2D eigenvalue weighted by Gasteiger charge is 2.30. The van der Waals surface area contributed by atoms with E-state index in [-0.39, 0.29) is 6.42 Å². The van der Waals surface area contributed by atoms with E-state index in [0.29, 0.717) is 52.6 Å². The van der Waals surface area contributed by atoms with Crippen LogP contribution in [0.25, 0.3) is 5.57 Å². The van der Waals surface area contributed by atoms with Crippen molar-refractivity contribution in [3.8, 4) is 0 Å². The van der Waals surface area contributed by atoms with Crippen LogP contribution >= 0.6 is 0 Å². The van der Waals surface area contributed by atoms with Crippen molar-refractivity contribution >= 4 is 34.6 Å². The van der Waals surface area contributed by atoms with Crippen molar-refractivity contribution in [3.05, 3.63) is 101 Å². The fourth-order valence-electron chi connectivity index (χ4n) is 4.26. The van der Waals surface area contributed by atoms with E-state index in [1.54, 1.807) is 49.7 Å². The van der Waals surface area contributed by atoms with Crippen molar-refractivity contribution in [2.24, 2.45) is 0 Å². The van der Waals surface area contributed by atoms with Crippen LogP contribution in [0.2, 0.25) is 0 Å². The van der Waals surface area contributed by atoms with Crippen molar-refractivity contribution in [2.75, 3.05) is 42.8 Å². The topological polar surface area (TPSA) is 104 Å². The molecule has 0 saturated heterocycles. The molecule has 3 N–H and O–H groups in total. The van der Waals surface area contributed by atoms with Crippen LogP contribution in [0.1, 0.15) is 22.3 Å². The number of nitrogens with one attached hydrogen (secondary N) is 2. The van der Waals surface area contributed by atoms with Gasteiger partial charge in [0.2, 0.25) is 5.91 Å². The predicted molar refractivity (Wildman–Crippen MR) is 150 cm³/mol. The average molecular weight is 567 g/mol. The second kappa shape index (κ2) is 12.8. The maximum Gasteiger partial charge on any atom is 0.416 e. The number of methoxy groups -OCH3 is 1. The Balaban J connectivity index is 1.59. The summed E-state index contributed by atoms with van der Waals surface area (Å²) < 4.78 is 44.5. The number of aliphatic hydroxyl groups excluding tert-OH is 1. The van der Waals surface area contributed by atoms with E-state index in [2.05, 4.69) is 15.6 Å². The van der Waals surface area contributed by atoms with Gasteiger partial charge in [-0.3, -0.25) is 9.59 Å². The number of hydrogen-bond donors (Lipinski definition) is 3. The molecule has 0 saturated carbocycles. The summed E-state index contributed by atoms with van der Waals surface area (Å²) in [5.41, 5.74) is 2.49. The molecule has 0 fully saturated rings. The predicted octanol–water partition coefficient (Wildman–Crippen LogP) is 4.67. The maximum atomic E-state index is 13.1. The summed E-state index contributed by atoms with van der Waals surface area (Å²) in [6.07, 6.45) is 0.387. The molecule has 8 nitrogen and oxygen atoms in total. The van der Waals surface area contributed by atoms with Crippen LogP contribution in [0.4, 0.5) is 30.4 Å². The van der Waals surface area contributed by atoms with E-state index in [4.69, 9.17) is 4.74 Å². The van der Waals surface area contributed by atoms with Gasteiger partial charge in [-0.1, -0.05) is 30.4 Å². The van der Waals surface area contributed by atoms with Gasteiger partial charge in [0.05, 0.1) is 12.2 Å². The molecule has 4 rings (SSSR count). The molecule has 2 amide bonds. The highest BCUT2D eigenvalue weighted by atomic mass is 19.4. The highest BCUT2D eigenvalue weighted by Crippen LogP contribution is 2.32. The monoisotopic (exact) mass is 566 g/mol. The molecule has 0 bridgehead atoms. The first-order valence-corrected chi connectivity index (χ1v) is 12.7. The molecule has 41 heavy (non-hydrogen) atoms. The van der Waals surface area contributed by atoms with E-state index in [1.165, 1.54) is 24.3 Å². The minimum absolute atomic E-state index is 0.0585. The van der Waals surface area contributed by atoms with E-state index in [1.807, 2.05) is 11.9 Å². The van der Waals surface area contributed by atoms with Crippen molar-refractivity contribution in [1.82, 2.24) is 4.98 Å². The lowest BCUT2D eigenvalue weighted by molar-refractivity contribution is -0.137. The first-order valence-electron chi connectivity index (χ1n) is 12.7. The fraction of sp³-hybridized carbons (Fsp3) is 0.233. The quantitative estimate of drug-likeness (QED) is 0.257. The van der Waals surface area contributed by atoms with Gasteiger partial charge in [0.25, 0.3) is 5.91 Å². The van der Waals surface area contributed by atoms with Gasteiger partial charge in [0, 0.05) is 61.9 Å². The molecule has 0 aliphatic carbocycles. The van der Waals surface area contributed by atoms with Crippen molar-refractivity contribution in [3.63, 3.8) is 0 Å². The Bertz CT molecular complexity index is 1450. The fourth-order valence-corrected chi connectivity index (χ4v) is 4.26. The third-order valence-electron chi connectivity index (χ3n) is 6.51. The molecule has 11 heteroatoms. The molecule has 2 aromatic carbocycles. The number of fused-ring (bicyclic) bond motifs is 1. The van der Waals surface area contributed by atoms with Gasteiger partial charge in [0.15, 0.2) is 0 Å². The van der Waals surface area contributed by atoms with Gasteiger partial charge >= 0.3 is 6.18 Å².